The fraction of sp³-hybridized carbons (Fsp3) is 0.682. The zero-order chi connectivity index (χ0) is 22.0. The maximum Gasteiger partial charge on any atom is 0.243 e. The van der Waals surface area contributed by atoms with Crippen molar-refractivity contribution in [2.24, 2.45) is 5.92 Å². The average Bonchev–Trinajstić information content (AvgIpc) is 3.28. The summed E-state index contributed by atoms with van der Waals surface area (Å²) in [6.45, 7) is 3.42. The standard InChI is InChI=1S/C22H31F2N3O3S/c23-17-7-10-21(20(24)15-17)31(29,30)25-18-8-5-16(6-9-18)22(28)27-13-11-26(12-14-27)19-3-1-2-4-19/h7,10,15-16,18-19,25H,1-6,8-9,11-14H2/t16-,18-. The molecule has 1 amide bonds. The highest BCUT2D eigenvalue weighted by atomic mass is 32.2. The highest BCUT2D eigenvalue weighted by molar-refractivity contribution is 7.89. The Labute approximate surface area is 183 Å². The molecule has 1 aromatic rings. The summed E-state index contributed by atoms with van der Waals surface area (Å²) in [5, 5.41) is 0. The van der Waals surface area contributed by atoms with Crippen molar-refractivity contribution >= 4 is 15.9 Å². The molecule has 0 radical (unpaired) electrons. The molecule has 1 aromatic carbocycles. The Kier molecular flexibility index (Phi) is 6.93. The smallest absolute Gasteiger partial charge is 0.243 e. The van der Waals surface area contributed by atoms with Crippen LogP contribution in [0.25, 0.3) is 0 Å². The number of rotatable bonds is 5. The van der Waals surface area contributed by atoms with Crippen LogP contribution in [0.4, 0.5) is 8.78 Å². The molecule has 2 saturated carbocycles. The lowest BCUT2D eigenvalue weighted by molar-refractivity contribution is -0.138. The summed E-state index contributed by atoms with van der Waals surface area (Å²) in [7, 11) is -4.07. The minimum atomic E-state index is -4.07. The van der Waals surface area contributed by atoms with Gasteiger partial charge in [-0.25, -0.2) is 21.9 Å². The number of hydrogen-bond acceptors (Lipinski definition) is 4. The Morgan fingerprint density at radius 1 is 0.935 bits per heavy atom. The van der Waals surface area contributed by atoms with Crippen molar-refractivity contribution in [3.8, 4) is 0 Å². The summed E-state index contributed by atoms with van der Waals surface area (Å²) >= 11 is 0. The fourth-order valence-electron chi connectivity index (χ4n) is 5.27. The summed E-state index contributed by atoms with van der Waals surface area (Å²) in [6.07, 6.45) is 7.45. The van der Waals surface area contributed by atoms with Crippen molar-refractivity contribution in [1.29, 1.82) is 0 Å². The molecule has 2 aliphatic carbocycles. The number of carbonyl (C=O) groups is 1. The van der Waals surface area contributed by atoms with Gasteiger partial charge in [-0.05, 0) is 50.7 Å². The minimum absolute atomic E-state index is 0.0821. The Hall–Kier alpha value is -1.58. The molecule has 0 bridgehead atoms. The summed E-state index contributed by atoms with van der Waals surface area (Å²) in [6, 6.07) is 2.77. The number of carbonyl (C=O) groups excluding carboxylic acids is 1. The van der Waals surface area contributed by atoms with Gasteiger partial charge in [0, 0.05) is 50.2 Å². The molecule has 1 N–H and O–H groups in total. The van der Waals surface area contributed by atoms with E-state index < -0.39 is 26.6 Å². The second-order valence-electron chi connectivity index (χ2n) is 9.04. The number of nitrogens with zero attached hydrogens (tertiary/aromatic N) is 2. The van der Waals surface area contributed by atoms with Crippen LogP contribution >= 0.6 is 0 Å². The molecule has 9 heteroatoms. The highest BCUT2D eigenvalue weighted by Crippen LogP contribution is 2.29. The van der Waals surface area contributed by atoms with Crippen molar-refractivity contribution in [2.75, 3.05) is 26.2 Å². The van der Waals surface area contributed by atoms with E-state index in [1.54, 1.807) is 0 Å². The Morgan fingerprint density at radius 3 is 2.19 bits per heavy atom. The summed E-state index contributed by atoms with van der Waals surface area (Å²) in [5.74, 6) is -1.83. The van der Waals surface area contributed by atoms with Crippen molar-refractivity contribution in [3.05, 3.63) is 29.8 Å². The van der Waals surface area contributed by atoms with Crippen LogP contribution < -0.4 is 4.72 Å². The zero-order valence-electron chi connectivity index (χ0n) is 17.7. The maximum absolute atomic E-state index is 13.9. The molecule has 1 saturated heterocycles. The number of nitrogens with one attached hydrogen (secondary N) is 1. The summed E-state index contributed by atoms with van der Waals surface area (Å²) < 4.78 is 54.4. The monoisotopic (exact) mass is 455 g/mol. The van der Waals surface area contributed by atoms with Crippen molar-refractivity contribution in [1.82, 2.24) is 14.5 Å². The van der Waals surface area contributed by atoms with Gasteiger partial charge < -0.3 is 4.90 Å². The average molecular weight is 456 g/mol. The SMILES string of the molecule is O=C([C@H]1CC[C@H](NS(=O)(=O)c2ccc(F)cc2F)CC1)N1CCN(C2CCCC2)CC1. The second-order valence-corrected chi connectivity index (χ2v) is 10.7. The molecule has 1 heterocycles. The zero-order valence-corrected chi connectivity index (χ0v) is 18.5. The van der Waals surface area contributed by atoms with Gasteiger partial charge in [0.05, 0.1) is 0 Å². The number of benzene rings is 1. The van der Waals surface area contributed by atoms with Crippen LogP contribution in [0.5, 0.6) is 0 Å². The first kappa shape index (κ1) is 22.6. The molecule has 6 nitrogen and oxygen atoms in total. The van der Waals surface area contributed by atoms with Crippen LogP contribution in [-0.4, -0.2) is 62.4 Å². The Balaban J connectivity index is 1.26. The normalized spacial score (nSPS) is 26.3. The van der Waals surface area contributed by atoms with Crippen LogP contribution in [0.15, 0.2) is 23.1 Å². The molecule has 0 atom stereocenters. The molecular formula is C22H31F2N3O3S. The number of piperazine rings is 1. The first-order chi connectivity index (χ1) is 14.8. The molecule has 4 rings (SSSR count). The van der Waals surface area contributed by atoms with E-state index in [0.717, 1.165) is 38.3 Å². The molecule has 3 fully saturated rings. The van der Waals surface area contributed by atoms with E-state index in [2.05, 4.69) is 9.62 Å². The van der Waals surface area contributed by atoms with Crippen LogP contribution in [-0.2, 0) is 14.8 Å². The van der Waals surface area contributed by atoms with E-state index in [9.17, 15) is 22.0 Å². The predicted molar refractivity (Wildman–Crippen MR) is 113 cm³/mol. The van der Waals surface area contributed by atoms with E-state index >= 15 is 0 Å². The molecule has 31 heavy (non-hydrogen) atoms. The van der Waals surface area contributed by atoms with Gasteiger partial charge in [-0.15, -0.1) is 0 Å². The van der Waals surface area contributed by atoms with E-state index in [1.165, 1.54) is 25.7 Å². The molecular weight excluding hydrogens is 424 g/mol. The van der Waals surface area contributed by atoms with Gasteiger partial charge >= 0.3 is 0 Å². The highest BCUT2D eigenvalue weighted by Gasteiger charge is 2.34. The lowest BCUT2D eigenvalue weighted by atomic mass is 9.85. The summed E-state index contributed by atoms with van der Waals surface area (Å²) in [5.41, 5.74) is 0. The third-order valence-corrected chi connectivity index (χ3v) is 8.60. The van der Waals surface area contributed by atoms with Crippen LogP contribution in [0.2, 0.25) is 0 Å². The lowest BCUT2D eigenvalue weighted by Gasteiger charge is -2.40. The van der Waals surface area contributed by atoms with E-state index in [0.29, 0.717) is 37.8 Å². The first-order valence-electron chi connectivity index (χ1n) is 11.3. The van der Waals surface area contributed by atoms with Gasteiger partial charge in [-0.2, -0.15) is 0 Å². The van der Waals surface area contributed by atoms with Gasteiger partial charge in [0.15, 0.2) is 0 Å². The fourth-order valence-corrected chi connectivity index (χ4v) is 6.63. The number of amides is 1. The van der Waals surface area contributed by atoms with Gasteiger partial charge in [-0.1, -0.05) is 12.8 Å². The quantitative estimate of drug-likeness (QED) is 0.741. The molecule has 1 aliphatic heterocycles. The molecule has 172 valence electrons. The molecule has 3 aliphatic rings. The largest absolute Gasteiger partial charge is 0.340 e. The van der Waals surface area contributed by atoms with E-state index in [4.69, 9.17) is 0 Å². The number of halogens is 2. The molecule has 0 aromatic heterocycles. The third kappa shape index (κ3) is 5.26. The van der Waals surface area contributed by atoms with Crippen LogP contribution in [0.1, 0.15) is 51.4 Å². The van der Waals surface area contributed by atoms with Gasteiger partial charge in [0.2, 0.25) is 15.9 Å². The van der Waals surface area contributed by atoms with Gasteiger partial charge in [0.1, 0.15) is 16.5 Å². The van der Waals surface area contributed by atoms with Gasteiger partial charge in [0.25, 0.3) is 0 Å². The number of sulfonamides is 1. The maximum atomic E-state index is 13.9. The Morgan fingerprint density at radius 2 is 1.58 bits per heavy atom. The lowest BCUT2D eigenvalue weighted by Crippen LogP contribution is -2.53. The number of hydrogen-bond donors (Lipinski definition) is 1. The first-order valence-corrected chi connectivity index (χ1v) is 12.8. The third-order valence-electron chi connectivity index (χ3n) is 7.05. The second kappa shape index (κ2) is 9.50. The molecule has 0 spiro atoms. The van der Waals surface area contributed by atoms with Crippen molar-refractivity contribution < 1.29 is 22.0 Å². The van der Waals surface area contributed by atoms with Crippen molar-refractivity contribution in [2.45, 2.75) is 68.3 Å². The minimum Gasteiger partial charge on any atom is -0.340 e. The van der Waals surface area contributed by atoms with Gasteiger partial charge in [-0.3, -0.25) is 9.69 Å². The van der Waals surface area contributed by atoms with Crippen LogP contribution in [0, 0.1) is 17.6 Å². The molecule has 0 unspecified atom stereocenters. The predicted octanol–water partition coefficient (Wildman–Crippen LogP) is 2.89. The van der Waals surface area contributed by atoms with E-state index in [1.807, 2.05) is 4.90 Å². The van der Waals surface area contributed by atoms with E-state index in [-0.39, 0.29) is 17.9 Å². The summed E-state index contributed by atoms with van der Waals surface area (Å²) in [4.78, 5) is 16.9. The topological polar surface area (TPSA) is 69.7 Å². The Bertz CT molecular complexity index is 889. The van der Waals surface area contributed by atoms with Crippen molar-refractivity contribution in [3.63, 3.8) is 0 Å². The van der Waals surface area contributed by atoms with Crippen LogP contribution in [0.3, 0.4) is 0 Å².